The fourth-order valence-corrected chi connectivity index (χ4v) is 2.17. The maximum Gasteiger partial charge on any atom is 0.0349 e. The SMILES string of the molecule is CCCC1CC1c1ccccc1N. The minimum Gasteiger partial charge on any atom is -0.398 e. The lowest BCUT2D eigenvalue weighted by Gasteiger charge is -2.03. The smallest absolute Gasteiger partial charge is 0.0349 e. The second-order valence-electron chi connectivity index (χ2n) is 4.02. The Labute approximate surface area is 80.0 Å². The van der Waals surface area contributed by atoms with Gasteiger partial charge in [-0.3, -0.25) is 0 Å². The number of rotatable bonds is 3. The van der Waals surface area contributed by atoms with Gasteiger partial charge in [0.1, 0.15) is 0 Å². The van der Waals surface area contributed by atoms with Gasteiger partial charge in [0, 0.05) is 5.69 Å². The van der Waals surface area contributed by atoms with Crippen LogP contribution in [0.5, 0.6) is 0 Å². The van der Waals surface area contributed by atoms with Crippen LogP contribution in [0.4, 0.5) is 5.69 Å². The van der Waals surface area contributed by atoms with Crippen LogP contribution >= 0.6 is 0 Å². The van der Waals surface area contributed by atoms with Gasteiger partial charge in [-0.2, -0.15) is 0 Å². The van der Waals surface area contributed by atoms with E-state index in [1.54, 1.807) is 0 Å². The molecule has 1 aliphatic carbocycles. The molecule has 0 spiro atoms. The molecule has 1 heteroatoms. The van der Waals surface area contributed by atoms with Crippen molar-refractivity contribution in [1.82, 2.24) is 0 Å². The number of hydrogen-bond acceptors (Lipinski definition) is 1. The molecule has 0 aliphatic heterocycles. The van der Waals surface area contributed by atoms with Crippen LogP contribution in [0.3, 0.4) is 0 Å². The van der Waals surface area contributed by atoms with E-state index in [0.717, 1.165) is 17.5 Å². The van der Waals surface area contributed by atoms with Gasteiger partial charge < -0.3 is 5.73 Å². The normalized spacial score (nSPS) is 25.9. The quantitative estimate of drug-likeness (QED) is 0.701. The van der Waals surface area contributed by atoms with Gasteiger partial charge in [0.2, 0.25) is 0 Å². The number of nitrogen functional groups attached to an aromatic ring is 1. The molecule has 1 fully saturated rings. The van der Waals surface area contributed by atoms with Gasteiger partial charge in [-0.1, -0.05) is 38.0 Å². The van der Waals surface area contributed by atoms with Gasteiger partial charge in [-0.15, -0.1) is 0 Å². The number of hydrogen-bond donors (Lipinski definition) is 1. The lowest BCUT2D eigenvalue weighted by atomic mass is 10.1. The number of nitrogens with two attached hydrogens (primary N) is 1. The summed E-state index contributed by atoms with van der Waals surface area (Å²) in [4.78, 5) is 0. The highest BCUT2D eigenvalue weighted by Gasteiger charge is 2.37. The van der Waals surface area contributed by atoms with E-state index in [2.05, 4.69) is 19.1 Å². The van der Waals surface area contributed by atoms with E-state index in [1.807, 2.05) is 12.1 Å². The van der Waals surface area contributed by atoms with Crippen molar-refractivity contribution in [2.24, 2.45) is 5.92 Å². The third kappa shape index (κ3) is 1.69. The van der Waals surface area contributed by atoms with Crippen LogP contribution in [-0.2, 0) is 0 Å². The zero-order valence-electron chi connectivity index (χ0n) is 8.16. The molecule has 1 aliphatic rings. The Bertz CT molecular complexity index is 293. The molecule has 1 aromatic rings. The Morgan fingerprint density at radius 2 is 2.15 bits per heavy atom. The summed E-state index contributed by atoms with van der Waals surface area (Å²) < 4.78 is 0. The van der Waals surface area contributed by atoms with E-state index in [1.165, 1.54) is 24.8 Å². The summed E-state index contributed by atoms with van der Waals surface area (Å²) in [5.74, 6) is 1.68. The van der Waals surface area contributed by atoms with E-state index in [4.69, 9.17) is 5.73 Å². The van der Waals surface area contributed by atoms with Gasteiger partial charge in [-0.25, -0.2) is 0 Å². The molecular formula is C12H17N. The van der Waals surface area contributed by atoms with Crippen molar-refractivity contribution in [2.45, 2.75) is 32.1 Å². The highest BCUT2D eigenvalue weighted by atomic mass is 14.6. The minimum atomic E-state index is 0.765. The number of para-hydroxylation sites is 1. The van der Waals surface area contributed by atoms with Crippen LogP contribution in [0.2, 0.25) is 0 Å². The third-order valence-corrected chi connectivity index (χ3v) is 2.98. The Morgan fingerprint density at radius 1 is 1.38 bits per heavy atom. The maximum atomic E-state index is 5.92. The Morgan fingerprint density at radius 3 is 2.85 bits per heavy atom. The summed E-state index contributed by atoms with van der Waals surface area (Å²) in [5.41, 5.74) is 8.27. The van der Waals surface area contributed by atoms with Crippen LogP contribution in [0.1, 0.15) is 37.7 Å². The van der Waals surface area contributed by atoms with E-state index in [-0.39, 0.29) is 0 Å². The molecule has 0 heterocycles. The highest BCUT2D eigenvalue weighted by Crippen LogP contribution is 2.51. The predicted octanol–water partition coefficient (Wildman–Crippen LogP) is 3.17. The minimum absolute atomic E-state index is 0.765. The summed E-state index contributed by atoms with van der Waals surface area (Å²) in [6.07, 6.45) is 4.01. The first-order chi connectivity index (χ1) is 6.33. The zero-order chi connectivity index (χ0) is 9.26. The molecular weight excluding hydrogens is 158 g/mol. The molecule has 0 saturated heterocycles. The number of anilines is 1. The summed E-state index contributed by atoms with van der Waals surface area (Å²) in [7, 11) is 0. The average Bonchev–Trinajstić information content (AvgIpc) is 2.86. The molecule has 1 saturated carbocycles. The van der Waals surface area contributed by atoms with Gasteiger partial charge in [0.05, 0.1) is 0 Å². The van der Waals surface area contributed by atoms with Gasteiger partial charge in [0.25, 0.3) is 0 Å². The van der Waals surface area contributed by atoms with E-state index >= 15 is 0 Å². The summed E-state index contributed by atoms with van der Waals surface area (Å²) in [6.45, 7) is 2.25. The molecule has 0 amide bonds. The summed E-state index contributed by atoms with van der Waals surface area (Å²) in [6, 6.07) is 8.29. The zero-order valence-corrected chi connectivity index (χ0v) is 8.16. The summed E-state index contributed by atoms with van der Waals surface area (Å²) >= 11 is 0. The standard InChI is InChI=1S/C12H17N/c1-2-5-9-8-11(9)10-6-3-4-7-12(10)13/h3-4,6-7,9,11H,2,5,8,13H2,1H3. The van der Waals surface area contributed by atoms with Crippen LogP contribution < -0.4 is 5.73 Å². The molecule has 2 N–H and O–H groups in total. The molecule has 0 aromatic heterocycles. The van der Waals surface area contributed by atoms with Crippen molar-refractivity contribution in [3.63, 3.8) is 0 Å². The van der Waals surface area contributed by atoms with Crippen LogP contribution in [0.15, 0.2) is 24.3 Å². The topological polar surface area (TPSA) is 26.0 Å². The molecule has 1 nitrogen and oxygen atoms in total. The molecule has 0 bridgehead atoms. The number of benzene rings is 1. The van der Waals surface area contributed by atoms with Crippen molar-refractivity contribution in [1.29, 1.82) is 0 Å². The monoisotopic (exact) mass is 175 g/mol. The first-order valence-corrected chi connectivity index (χ1v) is 5.17. The average molecular weight is 175 g/mol. The first-order valence-electron chi connectivity index (χ1n) is 5.17. The Hall–Kier alpha value is -0.980. The molecule has 0 radical (unpaired) electrons. The lowest BCUT2D eigenvalue weighted by Crippen LogP contribution is -1.92. The third-order valence-electron chi connectivity index (χ3n) is 2.98. The fraction of sp³-hybridized carbons (Fsp3) is 0.500. The lowest BCUT2D eigenvalue weighted by molar-refractivity contribution is 0.687. The fourth-order valence-electron chi connectivity index (χ4n) is 2.17. The van der Waals surface area contributed by atoms with Crippen molar-refractivity contribution in [3.8, 4) is 0 Å². The molecule has 2 rings (SSSR count). The van der Waals surface area contributed by atoms with Gasteiger partial charge in [-0.05, 0) is 29.9 Å². The predicted molar refractivity (Wildman–Crippen MR) is 56.6 cm³/mol. The van der Waals surface area contributed by atoms with Gasteiger partial charge in [0.15, 0.2) is 0 Å². The first kappa shape index (κ1) is 8.61. The van der Waals surface area contributed by atoms with Crippen molar-refractivity contribution < 1.29 is 0 Å². The van der Waals surface area contributed by atoms with E-state index in [9.17, 15) is 0 Å². The molecule has 70 valence electrons. The summed E-state index contributed by atoms with van der Waals surface area (Å²) in [5, 5.41) is 0. The molecule has 13 heavy (non-hydrogen) atoms. The van der Waals surface area contributed by atoms with Crippen molar-refractivity contribution >= 4 is 5.69 Å². The maximum absolute atomic E-state index is 5.92. The van der Waals surface area contributed by atoms with Crippen LogP contribution in [-0.4, -0.2) is 0 Å². The molecule has 2 unspecified atom stereocenters. The Kier molecular flexibility index (Phi) is 2.26. The largest absolute Gasteiger partial charge is 0.398 e. The second-order valence-corrected chi connectivity index (χ2v) is 4.02. The van der Waals surface area contributed by atoms with E-state index in [0.29, 0.717) is 0 Å². The van der Waals surface area contributed by atoms with Crippen molar-refractivity contribution in [2.75, 3.05) is 5.73 Å². The molecule has 2 atom stereocenters. The Balaban J connectivity index is 2.07. The van der Waals surface area contributed by atoms with E-state index < -0.39 is 0 Å². The highest BCUT2D eigenvalue weighted by molar-refractivity contribution is 5.50. The second kappa shape index (κ2) is 3.41. The molecule has 1 aromatic carbocycles. The van der Waals surface area contributed by atoms with Crippen molar-refractivity contribution in [3.05, 3.63) is 29.8 Å². The van der Waals surface area contributed by atoms with Crippen LogP contribution in [0, 0.1) is 5.92 Å². The van der Waals surface area contributed by atoms with Gasteiger partial charge >= 0.3 is 0 Å². The van der Waals surface area contributed by atoms with Crippen LogP contribution in [0.25, 0.3) is 0 Å².